The average Bonchev–Trinajstić information content (AvgIpc) is 2.97. The third kappa shape index (κ3) is 4.16. The van der Waals surface area contributed by atoms with Crippen LogP contribution in [-0.2, 0) is 16.6 Å². The van der Waals surface area contributed by atoms with Gasteiger partial charge in [-0.3, -0.25) is 0 Å². The summed E-state index contributed by atoms with van der Waals surface area (Å²) in [5.74, 6) is 5.33. The largest absolute Gasteiger partial charge is 0.384 e. The maximum atomic E-state index is 12.2. The molecule has 0 atom stereocenters. The van der Waals surface area contributed by atoms with Gasteiger partial charge in [-0.1, -0.05) is 17.9 Å². The number of rotatable bonds is 4. The molecule has 0 unspecified atom stereocenters. The summed E-state index contributed by atoms with van der Waals surface area (Å²) < 4.78 is 27.0. The first-order chi connectivity index (χ1) is 10.0. The zero-order valence-corrected chi connectivity index (χ0v) is 13.1. The zero-order chi connectivity index (χ0) is 15.3. The van der Waals surface area contributed by atoms with Crippen molar-refractivity contribution in [1.29, 1.82) is 0 Å². The molecule has 21 heavy (non-hydrogen) atoms. The predicted octanol–water partition coefficient (Wildman–Crippen LogP) is 1.88. The number of thiophene rings is 1. The van der Waals surface area contributed by atoms with Gasteiger partial charge >= 0.3 is 0 Å². The van der Waals surface area contributed by atoms with E-state index in [1.54, 1.807) is 19.1 Å². The molecule has 6 heteroatoms. The Hall–Kier alpha value is -1.65. The second-order valence-corrected chi connectivity index (χ2v) is 7.14. The van der Waals surface area contributed by atoms with Gasteiger partial charge in [0, 0.05) is 17.0 Å². The molecule has 0 saturated heterocycles. The molecular weight excluding hydrogens is 306 g/mol. The van der Waals surface area contributed by atoms with E-state index in [2.05, 4.69) is 16.6 Å². The number of aliphatic hydroxyl groups is 1. The third-order valence-corrected chi connectivity index (χ3v) is 5.10. The minimum Gasteiger partial charge on any atom is -0.384 e. The molecule has 2 aromatic rings. The highest BCUT2D eigenvalue weighted by molar-refractivity contribution is 7.89. The van der Waals surface area contributed by atoms with Crippen molar-refractivity contribution >= 4 is 21.4 Å². The van der Waals surface area contributed by atoms with Gasteiger partial charge in [-0.05, 0) is 42.1 Å². The maximum Gasteiger partial charge on any atom is 0.240 e. The Balaban J connectivity index is 2.18. The minimum absolute atomic E-state index is 0.214. The van der Waals surface area contributed by atoms with Gasteiger partial charge in [-0.2, -0.15) is 0 Å². The number of sulfonamides is 1. The summed E-state index contributed by atoms with van der Waals surface area (Å²) in [6.07, 6.45) is 0. The lowest BCUT2D eigenvalue weighted by Gasteiger charge is -2.07. The van der Waals surface area contributed by atoms with Crippen LogP contribution in [0.2, 0.25) is 0 Å². The third-order valence-electron chi connectivity index (χ3n) is 2.83. The smallest absolute Gasteiger partial charge is 0.240 e. The highest BCUT2D eigenvalue weighted by Gasteiger charge is 2.14. The molecule has 0 amide bonds. The van der Waals surface area contributed by atoms with Crippen LogP contribution in [0.5, 0.6) is 0 Å². The first-order valence-electron chi connectivity index (χ1n) is 6.25. The van der Waals surface area contributed by atoms with Crippen LogP contribution in [0.1, 0.15) is 16.0 Å². The minimum atomic E-state index is -3.54. The number of hydrogen-bond donors (Lipinski definition) is 2. The van der Waals surface area contributed by atoms with Crippen LogP contribution in [0, 0.1) is 18.8 Å². The van der Waals surface area contributed by atoms with Crippen LogP contribution in [-0.4, -0.2) is 20.1 Å². The van der Waals surface area contributed by atoms with Crippen molar-refractivity contribution < 1.29 is 13.5 Å². The summed E-state index contributed by atoms with van der Waals surface area (Å²) in [7, 11) is -3.54. The number of aryl methyl sites for hydroxylation is 1. The number of hydrogen-bond acceptors (Lipinski definition) is 4. The van der Waals surface area contributed by atoms with Crippen LogP contribution in [0.25, 0.3) is 0 Å². The molecule has 0 spiro atoms. The topological polar surface area (TPSA) is 66.4 Å². The van der Waals surface area contributed by atoms with Crippen molar-refractivity contribution in [3.05, 3.63) is 51.7 Å². The first-order valence-corrected chi connectivity index (χ1v) is 8.61. The van der Waals surface area contributed by atoms with Crippen molar-refractivity contribution in [2.24, 2.45) is 0 Å². The average molecular weight is 321 g/mol. The summed E-state index contributed by atoms with van der Waals surface area (Å²) in [5, 5.41) is 10.6. The van der Waals surface area contributed by atoms with Gasteiger partial charge in [0.2, 0.25) is 10.0 Å². The molecular formula is C15H15NO3S2. The van der Waals surface area contributed by atoms with Gasteiger partial charge < -0.3 is 5.11 Å². The van der Waals surface area contributed by atoms with E-state index in [1.807, 2.05) is 17.5 Å². The van der Waals surface area contributed by atoms with Crippen LogP contribution < -0.4 is 4.72 Å². The van der Waals surface area contributed by atoms with Gasteiger partial charge in [0.25, 0.3) is 0 Å². The second kappa shape index (κ2) is 6.87. The summed E-state index contributed by atoms with van der Waals surface area (Å²) in [6, 6.07) is 8.51. The summed E-state index contributed by atoms with van der Waals surface area (Å²) in [5.41, 5.74) is 1.47. The van der Waals surface area contributed by atoms with E-state index >= 15 is 0 Å². The fraction of sp³-hybridized carbons (Fsp3) is 0.200. The molecule has 0 radical (unpaired) electrons. The van der Waals surface area contributed by atoms with Crippen molar-refractivity contribution in [2.75, 3.05) is 6.61 Å². The SMILES string of the molecule is Cc1cc(S(=O)(=O)NCc2cccs2)ccc1C#CCO. The van der Waals surface area contributed by atoms with E-state index in [0.29, 0.717) is 5.56 Å². The fourth-order valence-corrected chi connectivity index (χ4v) is 3.57. The molecule has 0 fully saturated rings. The van der Waals surface area contributed by atoms with Crippen molar-refractivity contribution in [1.82, 2.24) is 4.72 Å². The molecule has 0 aliphatic carbocycles. The second-order valence-electron chi connectivity index (χ2n) is 4.34. The zero-order valence-electron chi connectivity index (χ0n) is 11.5. The number of benzene rings is 1. The molecule has 0 bridgehead atoms. The van der Waals surface area contributed by atoms with Crippen LogP contribution >= 0.6 is 11.3 Å². The highest BCUT2D eigenvalue weighted by Crippen LogP contribution is 2.16. The summed E-state index contributed by atoms with van der Waals surface area (Å²) >= 11 is 1.50. The molecule has 0 aliphatic heterocycles. The van der Waals surface area contributed by atoms with Gasteiger partial charge in [0.15, 0.2) is 0 Å². The standard InChI is InChI=1S/C15H15NO3S2/c1-12-10-15(7-6-13(12)4-2-8-17)21(18,19)16-11-14-5-3-9-20-14/h3,5-7,9-10,16-17H,8,11H2,1H3. The van der Waals surface area contributed by atoms with E-state index < -0.39 is 10.0 Å². The van der Waals surface area contributed by atoms with Crippen LogP contribution in [0.3, 0.4) is 0 Å². The molecule has 2 rings (SSSR count). The Labute approximate surface area is 128 Å². The molecule has 4 nitrogen and oxygen atoms in total. The van der Waals surface area contributed by atoms with Crippen molar-refractivity contribution in [3.63, 3.8) is 0 Å². The lowest BCUT2D eigenvalue weighted by atomic mass is 10.1. The first kappa shape index (κ1) is 15.7. The van der Waals surface area contributed by atoms with Gasteiger partial charge in [0.05, 0.1) is 4.90 Å². The molecule has 1 aromatic heterocycles. The molecule has 1 aromatic carbocycles. The Morgan fingerprint density at radius 3 is 2.76 bits per heavy atom. The van der Waals surface area contributed by atoms with E-state index in [0.717, 1.165) is 10.4 Å². The molecule has 0 saturated carbocycles. The van der Waals surface area contributed by atoms with E-state index in [1.165, 1.54) is 17.4 Å². The monoisotopic (exact) mass is 321 g/mol. The maximum absolute atomic E-state index is 12.2. The van der Waals surface area contributed by atoms with Gasteiger partial charge in [-0.15, -0.1) is 11.3 Å². The van der Waals surface area contributed by atoms with Crippen LogP contribution in [0.15, 0.2) is 40.6 Å². The van der Waals surface area contributed by atoms with Crippen molar-refractivity contribution in [2.45, 2.75) is 18.4 Å². The Kier molecular flexibility index (Phi) is 5.15. The quantitative estimate of drug-likeness (QED) is 0.845. The molecule has 110 valence electrons. The van der Waals surface area contributed by atoms with Crippen LogP contribution in [0.4, 0.5) is 0 Å². The number of nitrogens with one attached hydrogen (secondary N) is 1. The van der Waals surface area contributed by atoms with Gasteiger partial charge in [0.1, 0.15) is 6.61 Å². The lowest BCUT2D eigenvalue weighted by Crippen LogP contribution is -2.22. The van der Waals surface area contributed by atoms with E-state index in [4.69, 9.17) is 5.11 Å². The molecule has 2 N–H and O–H groups in total. The summed E-state index contributed by atoms with van der Waals surface area (Å²) in [4.78, 5) is 1.17. The van der Waals surface area contributed by atoms with E-state index in [-0.39, 0.29) is 18.0 Å². The Morgan fingerprint density at radius 1 is 1.33 bits per heavy atom. The highest BCUT2D eigenvalue weighted by atomic mass is 32.2. The fourth-order valence-electron chi connectivity index (χ4n) is 1.74. The van der Waals surface area contributed by atoms with Gasteiger partial charge in [-0.25, -0.2) is 13.1 Å². The normalized spacial score (nSPS) is 11.0. The predicted molar refractivity (Wildman–Crippen MR) is 83.5 cm³/mol. The molecule has 1 heterocycles. The number of aliphatic hydroxyl groups excluding tert-OH is 1. The summed E-state index contributed by atoms with van der Waals surface area (Å²) in [6.45, 7) is 1.85. The molecule has 0 aliphatic rings. The Bertz CT molecular complexity index is 769. The lowest BCUT2D eigenvalue weighted by molar-refractivity contribution is 0.350. The van der Waals surface area contributed by atoms with Crippen molar-refractivity contribution in [3.8, 4) is 11.8 Å². The Morgan fingerprint density at radius 2 is 2.14 bits per heavy atom. The van der Waals surface area contributed by atoms with E-state index in [9.17, 15) is 8.42 Å².